The molecule has 0 aromatic carbocycles. The van der Waals surface area contributed by atoms with Gasteiger partial charge in [0.15, 0.2) is 0 Å². The summed E-state index contributed by atoms with van der Waals surface area (Å²) in [6.45, 7) is 1.27. The SMILES string of the molecule is C[N+](C)(C)CP(C)(=O)[O-]. The van der Waals surface area contributed by atoms with Crippen molar-refractivity contribution in [2.75, 3.05) is 34.1 Å². The first kappa shape index (κ1) is 9.15. The third kappa shape index (κ3) is 8.15. The molecule has 0 amide bonds. The summed E-state index contributed by atoms with van der Waals surface area (Å²) >= 11 is 0. The zero-order valence-corrected chi connectivity index (χ0v) is 7.31. The summed E-state index contributed by atoms with van der Waals surface area (Å²) in [4.78, 5) is 10.7. The van der Waals surface area contributed by atoms with Crippen LogP contribution < -0.4 is 4.89 Å². The highest BCUT2D eigenvalue weighted by atomic mass is 31.2. The van der Waals surface area contributed by atoms with Crippen LogP contribution in [0.25, 0.3) is 0 Å². The zero-order chi connectivity index (χ0) is 7.71. The fourth-order valence-electron chi connectivity index (χ4n) is 0.771. The number of quaternary nitrogens is 1. The normalized spacial score (nSPS) is 19.2. The third-order valence-electron chi connectivity index (χ3n) is 0.681. The standard InChI is InChI=1S/C5H14NO2P/c1-6(2,3)5-9(4,7)8/h5H2,1-4H3. The molecule has 0 aromatic rings. The Morgan fingerprint density at radius 3 is 1.78 bits per heavy atom. The van der Waals surface area contributed by atoms with Crippen molar-refractivity contribution in [1.82, 2.24) is 0 Å². The zero-order valence-electron chi connectivity index (χ0n) is 6.42. The van der Waals surface area contributed by atoms with Gasteiger partial charge in [-0.25, -0.2) is 0 Å². The highest BCUT2D eigenvalue weighted by Gasteiger charge is 2.12. The van der Waals surface area contributed by atoms with Crippen LogP contribution in [0.4, 0.5) is 0 Å². The van der Waals surface area contributed by atoms with Gasteiger partial charge in [0.25, 0.3) is 0 Å². The molecule has 0 saturated heterocycles. The van der Waals surface area contributed by atoms with E-state index < -0.39 is 7.37 Å². The maximum atomic E-state index is 10.7. The molecule has 0 bridgehead atoms. The lowest BCUT2D eigenvalue weighted by Crippen LogP contribution is -2.36. The quantitative estimate of drug-likeness (QED) is 0.409. The molecule has 0 rings (SSSR count). The van der Waals surface area contributed by atoms with Crippen LogP contribution in [0.15, 0.2) is 0 Å². The lowest BCUT2D eigenvalue weighted by molar-refractivity contribution is -0.859. The van der Waals surface area contributed by atoms with Crippen LogP contribution in [0, 0.1) is 0 Å². The fraction of sp³-hybridized carbons (Fsp3) is 1.00. The van der Waals surface area contributed by atoms with Gasteiger partial charge in [0, 0.05) is 0 Å². The summed E-state index contributed by atoms with van der Waals surface area (Å²) in [7, 11) is 2.50. The Labute approximate surface area is 56.3 Å². The van der Waals surface area contributed by atoms with Gasteiger partial charge in [0.05, 0.1) is 28.5 Å². The highest BCUT2D eigenvalue weighted by molar-refractivity contribution is 7.55. The molecule has 0 spiro atoms. The van der Waals surface area contributed by atoms with Crippen molar-refractivity contribution in [2.24, 2.45) is 0 Å². The van der Waals surface area contributed by atoms with Gasteiger partial charge in [-0.3, -0.25) is 0 Å². The van der Waals surface area contributed by atoms with Crippen LogP contribution in [0.3, 0.4) is 0 Å². The van der Waals surface area contributed by atoms with Crippen LogP contribution in [0.1, 0.15) is 0 Å². The van der Waals surface area contributed by atoms with Crippen LogP contribution >= 0.6 is 7.37 Å². The second-order valence-electron chi connectivity index (χ2n) is 3.45. The Balaban J connectivity index is 3.90. The predicted octanol–water partition coefficient (Wildman–Crippen LogP) is -0.0817. The summed E-state index contributed by atoms with van der Waals surface area (Å²) in [6.07, 6.45) is 0.229. The van der Waals surface area contributed by atoms with Crippen LogP contribution in [0.5, 0.6) is 0 Å². The monoisotopic (exact) mass is 151 g/mol. The fourth-order valence-corrected chi connectivity index (χ4v) is 2.31. The molecule has 1 unspecified atom stereocenters. The van der Waals surface area contributed by atoms with Crippen LogP contribution in [0.2, 0.25) is 0 Å². The Morgan fingerprint density at radius 1 is 1.44 bits per heavy atom. The van der Waals surface area contributed by atoms with Gasteiger partial charge in [0.2, 0.25) is 0 Å². The first-order valence-corrected chi connectivity index (χ1v) is 5.04. The summed E-state index contributed by atoms with van der Waals surface area (Å²) < 4.78 is 11.1. The van der Waals surface area contributed by atoms with Crippen molar-refractivity contribution >= 4 is 7.37 Å². The molecule has 0 aromatic heterocycles. The number of hydrogen-bond acceptors (Lipinski definition) is 2. The summed E-state index contributed by atoms with van der Waals surface area (Å²) in [5.41, 5.74) is 0. The lowest BCUT2D eigenvalue weighted by atomic mass is 10.8. The minimum atomic E-state index is -3.07. The van der Waals surface area contributed by atoms with Gasteiger partial charge in [0.1, 0.15) is 6.29 Å². The largest absolute Gasteiger partial charge is 0.796 e. The molecule has 1 atom stereocenters. The van der Waals surface area contributed by atoms with Gasteiger partial charge in [-0.05, 0) is 6.66 Å². The van der Waals surface area contributed by atoms with Crippen molar-refractivity contribution in [2.45, 2.75) is 0 Å². The van der Waals surface area contributed by atoms with E-state index in [4.69, 9.17) is 0 Å². The van der Waals surface area contributed by atoms with E-state index in [1.54, 1.807) is 0 Å². The Bertz CT molecular complexity index is 132. The molecule has 0 aliphatic rings. The molecule has 0 N–H and O–H groups in total. The molecule has 56 valence electrons. The van der Waals surface area contributed by atoms with Gasteiger partial charge in [-0.15, -0.1) is 0 Å². The predicted molar refractivity (Wildman–Crippen MR) is 36.4 cm³/mol. The summed E-state index contributed by atoms with van der Waals surface area (Å²) in [6, 6.07) is 0. The second kappa shape index (κ2) is 2.41. The molecule has 0 aliphatic carbocycles. The number of nitrogens with zero attached hydrogens (tertiary/aromatic N) is 1. The van der Waals surface area contributed by atoms with Crippen LogP contribution in [-0.2, 0) is 4.57 Å². The molecule has 0 radical (unpaired) electrons. The first-order chi connectivity index (χ1) is 3.71. The van der Waals surface area contributed by atoms with Gasteiger partial charge in [-0.2, -0.15) is 0 Å². The lowest BCUT2D eigenvalue weighted by Gasteiger charge is -2.30. The minimum absolute atomic E-state index is 0.229. The molecule has 0 fully saturated rings. The molecule has 3 nitrogen and oxygen atoms in total. The van der Waals surface area contributed by atoms with E-state index in [1.807, 2.05) is 21.1 Å². The first-order valence-electron chi connectivity index (χ1n) is 2.79. The van der Waals surface area contributed by atoms with E-state index in [1.165, 1.54) is 6.66 Å². The van der Waals surface area contributed by atoms with E-state index in [0.29, 0.717) is 4.48 Å². The maximum absolute atomic E-state index is 10.7. The van der Waals surface area contributed by atoms with E-state index in [-0.39, 0.29) is 6.29 Å². The third-order valence-corrected chi connectivity index (χ3v) is 2.04. The average Bonchev–Trinajstić information content (AvgIpc) is 1.14. The number of hydrogen-bond donors (Lipinski definition) is 0. The Hall–Kier alpha value is 0.150. The number of rotatable bonds is 2. The van der Waals surface area contributed by atoms with Gasteiger partial charge in [-0.1, -0.05) is 0 Å². The van der Waals surface area contributed by atoms with Crippen molar-refractivity contribution in [3.05, 3.63) is 0 Å². The topological polar surface area (TPSA) is 40.1 Å². The second-order valence-corrected chi connectivity index (χ2v) is 5.76. The highest BCUT2D eigenvalue weighted by Crippen LogP contribution is 2.31. The van der Waals surface area contributed by atoms with Gasteiger partial charge < -0.3 is 13.9 Å². The molecule has 0 saturated carbocycles. The molecule has 4 heteroatoms. The minimum Gasteiger partial charge on any atom is -0.796 e. The Morgan fingerprint density at radius 2 is 1.78 bits per heavy atom. The van der Waals surface area contributed by atoms with E-state index in [2.05, 4.69) is 0 Å². The van der Waals surface area contributed by atoms with Gasteiger partial charge >= 0.3 is 0 Å². The summed E-state index contributed by atoms with van der Waals surface area (Å²) in [5, 5.41) is 0. The Kier molecular flexibility index (Phi) is 2.45. The average molecular weight is 151 g/mol. The molecular weight excluding hydrogens is 137 g/mol. The molecule has 0 heterocycles. The van der Waals surface area contributed by atoms with Crippen LogP contribution in [-0.4, -0.2) is 38.6 Å². The summed E-state index contributed by atoms with van der Waals surface area (Å²) in [5.74, 6) is 0. The van der Waals surface area contributed by atoms with E-state index >= 15 is 0 Å². The van der Waals surface area contributed by atoms with Crippen molar-refractivity contribution in [1.29, 1.82) is 0 Å². The van der Waals surface area contributed by atoms with E-state index in [9.17, 15) is 9.46 Å². The van der Waals surface area contributed by atoms with Crippen molar-refractivity contribution < 1.29 is 13.9 Å². The van der Waals surface area contributed by atoms with Crippen molar-refractivity contribution in [3.63, 3.8) is 0 Å². The van der Waals surface area contributed by atoms with E-state index in [0.717, 1.165) is 0 Å². The smallest absolute Gasteiger partial charge is 0.117 e. The molecular formula is C5H14NO2P. The maximum Gasteiger partial charge on any atom is 0.117 e. The molecule has 0 aliphatic heterocycles. The van der Waals surface area contributed by atoms with Crippen molar-refractivity contribution in [3.8, 4) is 0 Å². The molecule has 9 heavy (non-hydrogen) atoms.